The van der Waals surface area contributed by atoms with Gasteiger partial charge in [-0.1, -0.05) is 50.4 Å². The molecule has 1 aromatic rings. The van der Waals surface area contributed by atoms with Gasteiger partial charge in [-0.2, -0.15) is 17.5 Å². The van der Waals surface area contributed by atoms with E-state index in [1.807, 2.05) is 11.0 Å². The molecule has 0 bridgehead atoms. The summed E-state index contributed by atoms with van der Waals surface area (Å²) in [5, 5.41) is 13.3. The van der Waals surface area contributed by atoms with E-state index in [9.17, 15) is 26.7 Å². The van der Waals surface area contributed by atoms with Crippen molar-refractivity contribution in [1.29, 1.82) is 0 Å². The van der Waals surface area contributed by atoms with Crippen LogP contribution in [-0.2, 0) is 15.6 Å². The minimum atomic E-state index is -4.80. The van der Waals surface area contributed by atoms with Crippen LogP contribution in [0, 0.1) is 5.92 Å². The molecule has 0 aromatic heterocycles. The van der Waals surface area contributed by atoms with E-state index in [0.717, 1.165) is 13.5 Å². The van der Waals surface area contributed by atoms with E-state index in [4.69, 9.17) is 12.2 Å². The van der Waals surface area contributed by atoms with E-state index in [1.54, 1.807) is 18.2 Å². The lowest BCUT2D eigenvalue weighted by Crippen LogP contribution is -2.58. The van der Waals surface area contributed by atoms with Crippen molar-refractivity contribution in [3.63, 3.8) is 0 Å². The standard InChI is InChI=1S/C24H32F3N3O3S2/c1-17(2)14-28-15-20-16-29(35(32,33)22-7-5-4-6-21(22)34)12-13-30(20)19-10-8-18(9-11-19)23(3,31)24(25,26)27/h4-5,7-11,17,20,28,31H,6,12-16H2,1-3H3/t20-,23?/m0/s1. The maximum Gasteiger partial charge on any atom is 0.421 e. The van der Waals surface area contributed by atoms with Gasteiger partial charge in [-0.15, -0.1) is 0 Å². The molecule has 1 aromatic carbocycles. The summed E-state index contributed by atoms with van der Waals surface area (Å²) in [5.41, 5.74) is -2.55. The predicted octanol–water partition coefficient (Wildman–Crippen LogP) is 3.74. The molecular weight excluding hydrogens is 499 g/mol. The highest BCUT2D eigenvalue weighted by Gasteiger charge is 2.51. The highest BCUT2D eigenvalue weighted by molar-refractivity contribution is 7.96. The Labute approximate surface area is 210 Å². The lowest BCUT2D eigenvalue weighted by molar-refractivity contribution is -0.258. The molecule has 0 amide bonds. The first-order valence-corrected chi connectivity index (χ1v) is 13.4. The Balaban J connectivity index is 1.85. The van der Waals surface area contributed by atoms with Gasteiger partial charge >= 0.3 is 6.18 Å². The average molecular weight is 532 g/mol. The number of anilines is 1. The molecule has 2 N–H and O–H groups in total. The van der Waals surface area contributed by atoms with Gasteiger partial charge in [-0.05, 0) is 43.2 Å². The Morgan fingerprint density at radius 3 is 2.43 bits per heavy atom. The summed E-state index contributed by atoms with van der Waals surface area (Å²) in [7, 11) is -3.77. The lowest BCUT2D eigenvalue weighted by Gasteiger charge is -2.43. The molecule has 1 aliphatic carbocycles. The van der Waals surface area contributed by atoms with Gasteiger partial charge in [0.25, 0.3) is 0 Å². The minimum absolute atomic E-state index is 0.149. The van der Waals surface area contributed by atoms with Crippen LogP contribution >= 0.6 is 12.2 Å². The molecule has 1 saturated heterocycles. The van der Waals surface area contributed by atoms with Crippen molar-refractivity contribution in [3.05, 3.63) is 53.0 Å². The molecule has 2 atom stereocenters. The molecule has 1 heterocycles. The van der Waals surface area contributed by atoms with Crippen molar-refractivity contribution in [1.82, 2.24) is 9.62 Å². The molecule has 0 saturated carbocycles. The number of halogens is 3. The number of nitrogens with one attached hydrogen (secondary N) is 1. The number of sulfonamides is 1. The molecular formula is C24H32F3N3O3S2. The van der Waals surface area contributed by atoms with Crippen LogP contribution in [0.1, 0.15) is 32.8 Å². The largest absolute Gasteiger partial charge is 0.421 e. The van der Waals surface area contributed by atoms with Gasteiger partial charge < -0.3 is 15.3 Å². The second kappa shape index (κ2) is 10.7. The summed E-state index contributed by atoms with van der Waals surface area (Å²) in [6.07, 6.45) is 0.649. The van der Waals surface area contributed by atoms with Crippen LogP contribution in [0.2, 0.25) is 0 Å². The topological polar surface area (TPSA) is 72.9 Å². The predicted molar refractivity (Wildman–Crippen MR) is 136 cm³/mol. The number of aliphatic hydroxyl groups is 1. The van der Waals surface area contributed by atoms with Gasteiger partial charge in [0.15, 0.2) is 5.60 Å². The van der Waals surface area contributed by atoms with Crippen LogP contribution in [0.3, 0.4) is 0 Å². The first kappa shape index (κ1) is 27.8. The third kappa shape index (κ3) is 6.14. The summed E-state index contributed by atoms with van der Waals surface area (Å²) in [6, 6.07) is 5.36. The third-order valence-electron chi connectivity index (χ3n) is 6.27. The molecule has 1 aliphatic heterocycles. The van der Waals surface area contributed by atoms with Crippen molar-refractivity contribution < 1.29 is 26.7 Å². The molecule has 2 aliphatic rings. The van der Waals surface area contributed by atoms with Crippen LogP contribution in [0.5, 0.6) is 0 Å². The second-order valence-corrected chi connectivity index (χ2v) is 11.9. The van der Waals surface area contributed by atoms with E-state index >= 15 is 0 Å². The molecule has 0 radical (unpaired) electrons. The van der Waals surface area contributed by atoms with Crippen LogP contribution in [-0.4, -0.2) is 67.6 Å². The van der Waals surface area contributed by atoms with E-state index in [0.29, 0.717) is 36.0 Å². The van der Waals surface area contributed by atoms with Gasteiger partial charge in [0.1, 0.15) is 0 Å². The fourth-order valence-corrected chi connectivity index (χ4v) is 6.20. The molecule has 1 fully saturated rings. The van der Waals surface area contributed by atoms with Gasteiger partial charge in [0.05, 0.1) is 10.9 Å². The van der Waals surface area contributed by atoms with E-state index < -0.39 is 21.8 Å². The Morgan fingerprint density at radius 2 is 1.86 bits per heavy atom. The van der Waals surface area contributed by atoms with Crippen molar-refractivity contribution in [2.24, 2.45) is 5.92 Å². The molecule has 0 spiro atoms. The van der Waals surface area contributed by atoms with Gasteiger partial charge in [0.2, 0.25) is 10.0 Å². The van der Waals surface area contributed by atoms with E-state index in [2.05, 4.69) is 19.2 Å². The molecule has 3 rings (SSSR count). The zero-order valence-electron chi connectivity index (χ0n) is 20.0. The van der Waals surface area contributed by atoms with Gasteiger partial charge in [-0.3, -0.25) is 0 Å². The Hall–Kier alpha value is -1.79. The number of nitrogens with zero attached hydrogens (tertiary/aromatic N) is 2. The summed E-state index contributed by atoms with van der Waals surface area (Å²) in [6.45, 7) is 6.88. The number of hydrogen-bond donors (Lipinski definition) is 2. The summed E-state index contributed by atoms with van der Waals surface area (Å²) in [4.78, 5) is 2.53. The highest BCUT2D eigenvalue weighted by atomic mass is 32.2. The zero-order valence-corrected chi connectivity index (χ0v) is 21.7. The molecule has 6 nitrogen and oxygen atoms in total. The highest BCUT2D eigenvalue weighted by Crippen LogP contribution is 2.39. The van der Waals surface area contributed by atoms with E-state index in [1.165, 1.54) is 22.5 Å². The van der Waals surface area contributed by atoms with Gasteiger partial charge in [0, 0.05) is 43.2 Å². The monoisotopic (exact) mass is 531 g/mol. The lowest BCUT2D eigenvalue weighted by atomic mass is 9.95. The van der Waals surface area contributed by atoms with Gasteiger partial charge in [-0.25, -0.2) is 8.42 Å². The van der Waals surface area contributed by atoms with Crippen LogP contribution < -0.4 is 10.2 Å². The SMILES string of the molecule is CC(C)CNC[C@H]1CN(S(=O)(=O)C2=CC=CCC2=S)CCN1c1ccc(C(C)(O)C(F)(F)F)cc1. The normalized spacial score (nSPS) is 21.8. The summed E-state index contributed by atoms with van der Waals surface area (Å²) < 4.78 is 67.8. The molecule has 11 heteroatoms. The Bertz CT molecular complexity index is 1080. The second-order valence-electron chi connectivity index (χ2n) is 9.47. The van der Waals surface area contributed by atoms with Crippen molar-refractivity contribution in [2.45, 2.75) is 45.0 Å². The van der Waals surface area contributed by atoms with Crippen molar-refractivity contribution in [2.75, 3.05) is 37.6 Å². The quantitative estimate of drug-likeness (QED) is 0.498. The fraction of sp³-hybridized carbons (Fsp3) is 0.542. The number of thiocarbonyl (C=S) groups is 1. The first-order chi connectivity index (χ1) is 16.2. The van der Waals surface area contributed by atoms with Crippen LogP contribution in [0.25, 0.3) is 0 Å². The third-order valence-corrected chi connectivity index (χ3v) is 8.74. The molecule has 35 heavy (non-hydrogen) atoms. The van der Waals surface area contributed by atoms with Crippen LogP contribution in [0.15, 0.2) is 47.4 Å². The molecule has 194 valence electrons. The maximum absolute atomic E-state index is 13.3. The molecule has 1 unspecified atom stereocenters. The number of alkyl halides is 3. The average Bonchev–Trinajstić information content (AvgIpc) is 2.78. The fourth-order valence-electron chi connectivity index (χ4n) is 4.13. The van der Waals surface area contributed by atoms with Crippen molar-refractivity contribution >= 4 is 32.8 Å². The smallest absolute Gasteiger partial charge is 0.376 e. The Kier molecular flexibility index (Phi) is 8.48. The number of allylic oxidation sites excluding steroid dienone is 4. The van der Waals surface area contributed by atoms with Crippen LogP contribution in [0.4, 0.5) is 18.9 Å². The zero-order chi connectivity index (χ0) is 26.0. The number of rotatable bonds is 8. The minimum Gasteiger partial charge on any atom is -0.376 e. The first-order valence-electron chi connectivity index (χ1n) is 11.5. The number of benzene rings is 1. The number of hydrogen-bond acceptors (Lipinski definition) is 6. The maximum atomic E-state index is 13.3. The number of piperazine rings is 1. The van der Waals surface area contributed by atoms with E-state index in [-0.39, 0.29) is 29.6 Å². The summed E-state index contributed by atoms with van der Waals surface area (Å²) in [5.74, 6) is 0.396. The van der Waals surface area contributed by atoms with Crippen molar-refractivity contribution in [3.8, 4) is 0 Å². The summed E-state index contributed by atoms with van der Waals surface area (Å²) >= 11 is 5.29. The Morgan fingerprint density at radius 1 is 1.20 bits per heavy atom.